The maximum atomic E-state index is 12.6. The molecule has 0 aliphatic carbocycles. The number of benzene rings is 1. The summed E-state index contributed by atoms with van der Waals surface area (Å²) >= 11 is 0. The topological polar surface area (TPSA) is 42.0 Å². The minimum Gasteiger partial charge on any atom is -0.375 e. The van der Waals surface area contributed by atoms with Crippen LogP contribution in [0.15, 0.2) is 24.3 Å². The lowest BCUT2D eigenvalue weighted by molar-refractivity contribution is -0.133. The molecule has 25 heavy (non-hydrogen) atoms. The fraction of sp³-hybridized carbons (Fsp3) is 0.650. The zero-order valence-corrected chi connectivity index (χ0v) is 14.9. The van der Waals surface area contributed by atoms with Crippen molar-refractivity contribution in [3.05, 3.63) is 35.4 Å². The molecule has 136 valence electrons. The van der Waals surface area contributed by atoms with Gasteiger partial charge in [-0.1, -0.05) is 24.3 Å². The summed E-state index contributed by atoms with van der Waals surface area (Å²) in [5.74, 6) is 0.273. The van der Waals surface area contributed by atoms with Crippen LogP contribution < -0.4 is 0 Å². The smallest absolute Gasteiger partial charge is 0.224 e. The Morgan fingerprint density at radius 2 is 1.92 bits per heavy atom. The van der Waals surface area contributed by atoms with E-state index in [1.807, 2.05) is 4.90 Å². The van der Waals surface area contributed by atoms with Crippen LogP contribution in [0, 0.1) is 0 Å². The van der Waals surface area contributed by atoms with Crippen LogP contribution in [-0.2, 0) is 27.2 Å². The average molecular weight is 344 g/mol. The second-order valence-electron chi connectivity index (χ2n) is 7.35. The Bertz CT molecular complexity index is 600. The van der Waals surface area contributed by atoms with Crippen LogP contribution in [0.25, 0.3) is 0 Å². The summed E-state index contributed by atoms with van der Waals surface area (Å²) < 4.78 is 11.7. The molecule has 5 nitrogen and oxygen atoms in total. The third-order valence-electron chi connectivity index (χ3n) is 5.68. The number of carbonyl (C=O) groups excluding carboxylic acids is 1. The minimum absolute atomic E-state index is 0.174. The van der Waals surface area contributed by atoms with Crippen LogP contribution in [0.2, 0.25) is 0 Å². The van der Waals surface area contributed by atoms with E-state index in [1.165, 1.54) is 11.1 Å². The van der Waals surface area contributed by atoms with Crippen molar-refractivity contribution in [3.8, 4) is 0 Å². The molecule has 2 atom stereocenters. The van der Waals surface area contributed by atoms with Crippen molar-refractivity contribution < 1.29 is 14.3 Å². The maximum absolute atomic E-state index is 12.6. The predicted molar refractivity (Wildman–Crippen MR) is 95.3 cm³/mol. The van der Waals surface area contributed by atoms with Crippen molar-refractivity contribution in [1.29, 1.82) is 0 Å². The molecule has 0 unspecified atom stereocenters. The second kappa shape index (κ2) is 7.85. The first-order chi connectivity index (χ1) is 12.3. The third-order valence-corrected chi connectivity index (χ3v) is 5.68. The van der Waals surface area contributed by atoms with E-state index < -0.39 is 0 Å². The van der Waals surface area contributed by atoms with Gasteiger partial charge in [-0.25, -0.2) is 0 Å². The Kier molecular flexibility index (Phi) is 5.34. The second-order valence-corrected chi connectivity index (χ2v) is 7.35. The van der Waals surface area contributed by atoms with Crippen LogP contribution >= 0.6 is 0 Å². The fourth-order valence-corrected chi connectivity index (χ4v) is 4.18. The SMILES string of the molecule is O=C(CCN1CCO[C@H]([C@H]2CCCO2)C1)N1CCc2ccccc2C1. The van der Waals surface area contributed by atoms with Crippen molar-refractivity contribution >= 4 is 5.91 Å². The number of nitrogens with zero attached hydrogens (tertiary/aromatic N) is 2. The molecule has 0 radical (unpaired) electrons. The third kappa shape index (κ3) is 4.05. The van der Waals surface area contributed by atoms with Crippen molar-refractivity contribution in [2.45, 2.75) is 44.4 Å². The molecule has 3 aliphatic heterocycles. The first-order valence-corrected chi connectivity index (χ1v) is 9.60. The number of morpholine rings is 1. The summed E-state index contributed by atoms with van der Waals surface area (Å²) in [6, 6.07) is 8.46. The summed E-state index contributed by atoms with van der Waals surface area (Å²) in [7, 11) is 0. The number of rotatable bonds is 4. The van der Waals surface area contributed by atoms with Gasteiger partial charge in [-0.2, -0.15) is 0 Å². The molecule has 1 aromatic carbocycles. The monoisotopic (exact) mass is 344 g/mol. The summed E-state index contributed by atoms with van der Waals surface area (Å²) in [6.45, 7) is 5.84. The number of ether oxygens (including phenoxy) is 2. The molecule has 0 N–H and O–H groups in total. The largest absolute Gasteiger partial charge is 0.375 e. The van der Waals surface area contributed by atoms with Gasteiger partial charge in [0.15, 0.2) is 0 Å². The van der Waals surface area contributed by atoms with E-state index in [0.29, 0.717) is 6.42 Å². The van der Waals surface area contributed by atoms with Gasteiger partial charge in [0.1, 0.15) is 0 Å². The molecule has 3 aliphatic rings. The van der Waals surface area contributed by atoms with Crippen LogP contribution in [0.1, 0.15) is 30.4 Å². The molecule has 3 heterocycles. The van der Waals surface area contributed by atoms with Gasteiger partial charge >= 0.3 is 0 Å². The van der Waals surface area contributed by atoms with E-state index in [-0.39, 0.29) is 18.1 Å². The molecule has 4 rings (SSSR count). The molecule has 0 spiro atoms. The molecular formula is C20H28N2O3. The van der Waals surface area contributed by atoms with E-state index in [4.69, 9.17) is 9.47 Å². The van der Waals surface area contributed by atoms with Crippen LogP contribution in [-0.4, -0.2) is 67.3 Å². The van der Waals surface area contributed by atoms with E-state index in [9.17, 15) is 4.79 Å². The zero-order chi connectivity index (χ0) is 17.1. The number of amides is 1. The summed E-state index contributed by atoms with van der Waals surface area (Å²) in [4.78, 5) is 17.0. The number of hydrogen-bond acceptors (Lipinski definition) is 4. The van der Waals surface area contributed by atoms with Gasteiger partial charge in [-0.05, 0) is 30.4 Å². The van der Waals surface area contributed by atoms with Crippen molar-refractivity contribution in [2.75, 3.05) is 39.4 Å². The Labute approximate surface area is 149 Å². The minimum atomic E-state index is 0.174. The first kappa shape index (κ1) is 17.0. The van der Waals surface area contributed by atoms with Crippen LogP contribution in [0.4, 0.5) is 0 Å². The highest BCUT2D eigenvalue weighted by atomic mass is 16.5. The van der Waals surface area contributed by atoms with Gasteiger partial charge in [0.2, 0.25) is 5.91 Å². The summed E-state index contributed by atoms with van der Waals surface area (Å²) in [5.41, 5.74) is 2.69. The van der Waals surface area contributed by atoms with Crippen molar-refractivity contribution in [2.24, 2.45) is 0 Å². The number of carbonyl (C=O) groups is 1. The van der Waals surface area contributed by atoms with Gasteiger partial charge in [-0.15, -0.1) is 0 Å². The highest BCUT2D eigenvalue weighted by Crippen LogP contribution is 2.22. The predicted octanol–water partition coefficient (Wildman–Crippen LogP) is 1.84. The van der Waals surface area contributed by atoms with Crippen LogP contribution in [0.3, 0.4) is 0 Å². The average Bonchev–Trinajstić information content (AvgIpc) is 3.21. The van der Waals surface area contributed by atoms with E-state index in [2.05, 4.69) is 29.2 Å². The standard InChI is InChI=1S/C20H28N2O3/c23-20(22-10-7-16-4-1-2-5-17(16)14-22)8-9-21-11-13-25-19(15-21)18-6-3-12-24-18/h1-2,4-5,18-19H,3,6-15H2/t18-,19+/m1/s1. The van der Waals surface area contributed by atoms with E-state index in [0.717, 1.165) is 65.2 Å². The number of fused-ring (bicyclic) bond motifs is 1. The molecule has 1 aromatic rings. The zero-order valence-electron chi connectivity index (χ0n) is 14.9. The normalized spacial score (nSPS) is 27.3. The molecule has 1 amide bonds. The Balaban J connectivity index is 1.26. The van der Waals surface area contributed by atoms with Crippen LogP contribution in [0.5, 0.6) is 0 Å². The van der Waals surface area contributed by atoms with E-state index in [1.54, 1.807) is 0 Å². The molecule has 2 saturated heterocycles. The Morgan fingerprint density at radius 1 is 1.08 bits per heavy atom. The summed E-state index contributed by atoms with van der Waals surface area (Å²) in [6.07, 6.45) is 4.23. The van der Waals surface area contributed by atoms with Gasteiger partial charge < -0.3 is 14.4 Å². The van der Waals surface area contributed by atoms with Gasteiger partial charge in [-0.3, -0.25) is 9.69 Å². The lowest BCUT2D eigenvalue weighted by atomic mass is 10.00. The first-order valence-electron chi connectivity index (χ1n) is 9.60. The summed E-state index contributed by atoms with van der Waals surface area (Å²) in [5, 5.41) is 0. The lowest BCUT2D eigenvalue weighted by Crippen LogP contribution is -2.48. The highest BCUT2D eigenvalue weighted by molar-refractivity contribution is 5.76. The molecule has 5 heteroatoms. The fourth-order valence-electron chi connectivity index (χ4n) is 4.18. The number of hydrogen-bond donors (Lipinski definition) is 0. The molecular weight excluding hydrogens is 316 g/mol. The van der Waals surface area contributed by atoms with Gasteiger partial charge in [0.05, 0.1) is 18.8 Å². The van der Waals surface area contributed by atoms with Crippen molar-refractivity contribution in [1.82, 2.24) is 9.80 Å². The maximum Gasteiger partial charge on any atom is 0.224 e. The molecule has 2 fully saturated rings. The Hall–Kier alpha value is -1.43. The highest BCUT2D eigenvalue weighted by Gasteiger charge is 2.31. The molecule has 0 aromatic heterocycles. The van der Waals surface area contributed by atoms with E-state index >= 15 is 0 Å². The quantitative estimate of drug-likeness (QED) is 0.836. The van der Waals surface area contributed by atoms with Crippen molar-refractivity contribution in [3.63, 3.8) is 0 Å². The molecule has 0 saturated carbocycles. The lowest BCUT2D eigenvalue weighted by Gasteiger charge is -2.36. The van der Waals surface area contributed by atoms with Gasteiger partial charge in [0.25, 0.3) is 0 Å². The molecule has 0 bridgehead atoms. The Morgan fingerprint density at radius 3 is 2.76 bits per heavy atom. The van der Waals surface area contributed by atoms with Gasteiger partial charge in [0, 0.05) is 45.8 Å².